The first kappa shape index (κ1) is 10.8. The third kappa shape index (κ3) is 1.95. The van der Waals surface area contributed by atoms with Crippen LogP contribution in [0, 0.1) is 0 Å². The van der Waals surface area contributed by atoms with Gasteiger partial charge in [-0.3, -0.25) is 0 Å². The van der Waals surface area contributed by atoms with Crippen LogP contribution in [0.2, 0.25) is 4.82 Å². The van der Waals surface area contributed by atoms with Crippen molar-refractivity contribution >= 4 is 19.4 Å². The van der Waals surface area contributed by atoms with Gasteiger partial charge in [0.2, 0.25) is 0 Å². The average molecular weight is 280 g/mol. The molecule has 2 aliphatic rings. The zero-order valence-corrected chi connectivity index (χ0v) is 11.5. The molecular weight excluding hydrogens is 261 g/mol. The van der Waals surface area contributed by atoms with E-state index in [9.17, 15) is 0 Å². The molecule has 2 bridgehead atoms. The molecule has 0 radical (unpaired) electrons. The van der Waals surface area contributed by atoms with Gasteiger partial charge in [0.25, 0.3) is 0 Å². The summed E-state index contributed by atoms with van der Waals surface area (Å²) in [7, 11) is 2.34. The Kier molecular flexibility index (Phi) is 3.06. The number of rotatable bonds is 2. The number of fused-ring (bicyclic) bond motifs is 2. The van der Waals surface area contributed by atoms with Gasteiger partial charge in [0.15, 0.2) is 0 Å². The number of piperidine rings is 1. The van der Waals surface area contributed by atoms with Crippen LogP contribution in [0.15, 0.2) is 30.3 Å². The second-order valence-corrected chi connectivity index (χ2v) is 7.76. The van der Waals surface area contributed by atoms with Crippen molar-refractivity contribution in [3.8, 4) is 0 Å². The zero-order valence-electron chi connectivity index (χ0n) is 9.80. The average Bonchev–Trinajstić information content (AvgIpc) is 2.55. The van der Waals surface area contributed by atoms with Gasteiger partial charge in [0, 0.05) is 0 Å². The van der Waals surface area contributed by atoms with E-state index in [-0.39, 0.29) is 0 Å². The monoisotopic (exact) mass is 281 g/mol. The number of hydrogen-bond donors (Lipinski definition) is 0. The first-order valence-electron chi connectivity index (χ1n) is 6.28. The molecule has 2 fully saturated rings. The van der Waals surface area contributed by atoms with Gasteiger partial charge in [0.1, 0.15) is 0 Å². The van der Waals surface area contributed by atoms with Crippen LogP contribution in [0.3, 0.4) is 0 Å². The summed E-state index contributed by atoms with van der Waals surface area (Å²) in [6, 6.07) is 12.9. The Morgan fingerprint density at radius 1 is 1.06 bits per heavy atom. The summed E-state index contributed by atoms with van der Waals surface area (Å²) in [4.78, 5) is 3.62. The molecule has 1 nitrogen and oxygen atoms in total. The topological polar surface area (TPSA) is 3.24 Å². The van der Waals surface area contributed by atoms with E-state index in [4.69, 9.17) is 0 Å². The summed E-state index contributed by atoms with van der Waals surface area (Å²) >= 11 is 0.676. The van der Waals surface area contributed by atoms with Gasteiger partial charge in [-0.1, -0.05) is 0 Å². The van der Waals surface area contributed by atoms with Crippen molar-refractivity contribution in [3.63, 3.8) is 0 Å². The predicted molar refractivity (Wildman–Crippen MR) is 69.4 cm³/mol. The molecule has 0 amide bonds. The SMILES string of the molecule is CN1[C@H]2CC[C@@H]1[C@H]([Se]c1ccccc1)CC2. The van der Waals surface area contributed by atoms with Crippen LogP contribution in [0.1, 0.15) is 25.7 Å². The van der Waals surface area contributed by atoms with Crippen LogP contribution in [-0.4, -0.2) is 39.0 Å². The van der Waals surface area contributed by atoms with Crippen LogP contribution >= 0.6 is 0 Å². The van der Waals surface area contributed by atoms with Gasteiger partial charge in [-0.2, -0.15) is 0 Å². The minimum atomic E-state index is 0.676. The maximum absolute atomic E-state index is 2.67. The van der Waals surface area contributed by atoms with Gasteiger partial charge in [-0.25, -0.2) is 0 Å². The first-order valence-corrected chi connectivity index (χ1v) is 8.13. The predicted octanol–water partition coefficient (Wildman–Crippen LogP) is 2.06. The summed E-state index contributed by atoms with van der Waals surface area (Å²) in [5, 5.41) is 0. The van der Waals surface area contributed by atoms with E-state index in [0.29, 0.717) is 15.0 Å². The molecule has 2 heterocycles. The Morgan fingerprint density at radius 2 is 1.81 bits per heavy atom. The van der Waals surface area contributed by atoms with E-state index in [2.05, 4.69) is 42.3 Å². The molecule has 16 heavy (non-hydrogen) atoms. The Hall–Kier alpha value is -0.301. The van der Waals surface area contributed by atoms with Gasteiger partial charge in [0.05, 0.1) is 0 Å². The Morgan fingerprint density at radius 3 is 2.62 bits per heavy atom. The number of hydrogen-bond acceptors (Lipinski definition) is 1. The van der Waals surface area contributed by atoms with Crippen LogP contribution in [0.4, 0.5) is 0 Å². The number of nitrogens with zero attached hydrogens (tertiary/aromatic N) is 1. The molecule has 3 rings (SSSR count). The normalized spacial score (nSPS) is 34.2. The van der Waals surface area contributed by atoms with Crippen LogP contribution in [0.25, 0.3) is 0 Å². The molecule has 2 heteroatoms. The fourth-order valence-corrected chi connectivity index (χ4v) is 6.14. The molecule has 0 aliphatic carbocycles. The van der Waals surface area contributed by atoms with Gasteiger partial charge < -0.3 is 0 Å². The van der Waals surface area contributed by atoms with E-state index in [1.54, 1.807) is 4.46 Å². The molecular formula is C14H19NSe. The van der Waals surface area contributed by atoms with Gasteiger partial charge >= 0.3 is 104 Å². The second kappa shape index (κ2) is 4.52. The molecule has 0 spiro atoms. The van der Waals surface area contributed by atoms with Crippen LogP contribution in [0.5, 0.6) is 0 Å². The van der Waals surface area contributed by atoms with Gasteiger partial charge in [-0.05, 0) is 0 Å². The molecule has 1 aromatic rings. The van der Waals surface area contributed by atoms with Crippen LogP contribution < -0.4 is 4.46 Å². The molecule has 86 valence electrons. The summed E-state index contributed by atoms with van der Waals surface area (Å²) in [5.74, 6) is 0. The van der Waals surface area contributed by atoms with Crippen molar-refractivity contribution in [1.82, 2.24) is 4.90 Å². The second-order valence-electron chi connectivity index (χ2n) is 5.01. The molecule has 0 aromatic heterocycles. The van der Waals surface area contributed by atoms with Crippen molar-refractivity contribution < 1.29 is 0 Å². The Labute approximate surface area is 104 Å². The molecule has 2 aliphatic heterocycles. The third-order valence-electron chi connectivity index (χ3n) is 4.14. The quantitative estimate of drug-likeness (QED) is 0.750. The minimum absolute atomic E-state index is 0.676. The molecule has 0 N–H and O–H groups in total. The molecule has 3 atom stereocenters. The van der Waals surface area contributed by atoms with Crippen molar-refractivity contribution in [1.29, 1.82) is 0 Å². The Bertz CT molecular complexity index is 351. The van der Waals surface area contributed by atoms with E-state index >= 15 is 0 Å². The van der Waals surface area contributed by atoms with E-state index in [0.717, 1.165) is 16.9 Å². The Balaban J connectivity index is 1.72. The fourth-order valence-electron chi connectivity index (χ4n) is 3.20. The van der Waals surface area contributed by atoms with E-state index in [1.165, 1.54) is 25.7 Å². The summed E-state index contributed by atoms with van der Waals surface area (Å²) in [6.45, 7) is 0. The summed E-state index contributed by atoms with van der Waals surface area (Å²) in [6.07, 6.45) is 5.80. The standard InChI is InChI=1S/C14H19NSe/c1-15-11-7-9-13(15)14(10-8-11)16-12-5-3-2-4-6-12/h2-6,11,13-14H,7-10H2,1H3/t11-,13+,14+/m0/s1. The molecule has 2 saturated heterocycles. The molecule has 0 unspecified atom stereocenters. The molecule has 1 aromatic carbocycles. The summed E-state index contributed by atoms with van der Waals surface area (Å²) < 4.78 is 1.58. The van der Waals surface area contributed by atoms with Gasteiger partial charge in [-0.15, -0.1) is 0 Å². The van der Waals surface area contributed by atoms with Crippen molar-refractivity contribution in [3.05, 3.63) is 30.3 Å². The first-order chi connectivity index (χ1) is 7.84. The zero-order chi connectivity index (χ0) is 11.0. The molecule has 0 saturated carbocycles. The van der Waals surface area contributed by atoms with Crippen molar-refractivity contribution in [2.45, 2.75) is 42.6 Å². The fraction of sp³-hybridized carbons (Fsp3) is 0.571. The van der Waals surface area contributed by atoms with Crippen molar-refractivity contribution in [2.75, 3.05) is 7.05 Å². The van der Waals surface area contributed by atoms with Crippen molar-refractivity contribution in [2.24, 2.45) is 0 Å². The maximum atomic E-state index is 2.67. The van der Waals surface area contributed by atoms with E-state index < -0.39 is 0 Å². The third-order valence-corrected chi connectivity index (χ3v) is 7.07. The number of benzene rings is 1. The summed E-state index contributed by atoms with van der Waals surface area (Å²) in [5.41, 5.74) is 0. The van der Waals surface area contributed by atoms with E-state index in [1.807, 2.05) is 0 Å². The van der Waals surface area contributed by atoms with Crippen LogP contribution in [-0.2, 0) is 0 Å².